The Bertz CT molecular complexity index is 458. The van der Waals surface area contributed by atoms with Crippen molar-refractivity contribution in [2.45, 2.75) is 25.8 Å². The van der Waals surface area contributed by atoms with Crippen molar-refractivity contribution in [2.75, 3.05) is 33.3 Å². The van der Waals surface area contributed by atoms with Gasteiger partial charge in [0, 0.05) is 24.7 Å². The van der Waals surface area contributed by atoms with Gasteiger partial charge in [0.05, 0.1) is 6.04 Å². The molecule has 1 unspecified atom stereocenters. The van der Waals surface area contributed by atoms with E-state index in [1.807, 2.05) is 35.9 Å². The molecule has 4 nitrogen and oxygen atoms in total. The number of amides is 1. The summed E-state index contributed by atoms with van der Waals surface area (Å²) in [7, 11) is 1.96. The Morgan fingerprint density at radius 1 is 1.33 bits per heavy atom. The number of likely N-dealkylation sites (tertiary alicyclic amines) is 1. The summed E-state index contributed by atoms with van der Waals surface area (Å²) in [5.74, 6) is 1.02. The van der Waals surface area contributed by atoms with Crippen LogP contribution in [0.2, 0.25) is 5.02 Å². The van der Waals surface area contributed by atoms with Gasteiger partial charge in [0.2, 0.25) is 5.91 Å². The van der Waals surface area contributed by atoms with Gasteiger partial charge in [-0.3, -0.25) is 9.69 Å². The highest BCUT2D eigenvalue weighted by atomic mass is 35.5. The summed E-state index contributed by atoms with van der Waals surface area (Å²) in [6.45, 7) is 5.03. The van der Waals surface area contributed by atoms with Crippen LogP contribution >= 0.6 is 11.6 Å². The second-order valence-electron chi connectivity index (χ2n) is 5.49. The maximum Gasteiger partial charge on any atom is 0.239 e. The first-order valence-corrected chi connectivity index (χ1v) is 7.83. The molecule has 0 radical (unpaired) electrons. The second-order valence-corrected chi connectivity index (χ2v) is 5.93. The van der Waals surface area contributed by atoms with Gasteiger partial charge in [-0.15, -0.1) is 0 Å². The first kappa shape index (κ1) is 16.1. The van der Waals surface area contributed by atoms with Crippen molar-refractivity contribution >= 4 is 17.5 Å². The van der Waals surface area contributed by atoms with Gasteiger partial charge in [-0.25, -0.2) is 0 Å². The monoisotopic (exact) mass is 310 g/mol. The van der Waals surface area contributed by atoms with E-state index in [2.05, 4.69) is 0 Å². The fourth-order valence-electron chi connectivity index (χ4n) is 2.42. The highest BCUT2D eigenvalue weighted by molar-refractivity contribution is 6.30. The van der Waals surface area contributed by atoms with E-state index in [1.54, 1.807) is 12.1 Å². The Hall–Kier alpha value is -1.26. The molecule has 2 rings (SSSR count). The third kappa shape index (κ3) is 4.61. The van der Waals surface area contributed by atoms with Crippen LogP contribution < -0.4 is 4.74 Å². The Labute approximate surface area is 131 Å². The fourth-order valence-corrected chi connectivity index (χ4v) is 2.55. The summed E-state index contributed by atoms with van der Waals surface area (Å²) in [5.41, 5.74) is 0. The summed E-state index contributed by atoms with van der Waals surface area (Å²) in [5, 5.41) is 0.698. The summed E-state index contributed by atoms with van der Waals surface area (Å²) >= 11 is 5.83. The molecule has 116 valence electrons. The van der Waals surface area contributed by atoms with E-state index >= 15 is 0 Å². The zero-order chi connectivity index (χ0) is 15.2. The maximum absolute atomic E-state index is 12.3. The number of hydrogen-bond donors (Lipinski definition) is 0. The minimum Gasteiger partial charge on any atom is -0.492 e. The molecule has 0 bridgehead atoms. The molecule has 0 aromatic heterocycles. The average molecular weight is 311 g/mol. The number of ether oxygens (including phenoxy) is 1. The summed E-state index contributed by atoms with van der Waals surface area (Å²) in [6, 6.07) is 7.21. The summed E-state index contributed by atoms with van der Waals surface area (Å²) in [4.78, 5) is 16.3. The number of benzene rings is 1. The molecule has 1 aliphatic rings. The molecule has 1 heterocycles. The highest BCUT2D eigenvalue weighted by Crippen LogP contribution is 2.15. The van der Waals surface area contributed by atoms with E-state index in [-0.39, 0.29) is 11.9 Å². The van der Waals surface area contributed by atoms with E-state index < -0.39 is 0 Å². The molecule has 1 fully saturated rings. The number of carbonyl (C=O) groups excluding carboxylic acids is 1. The van der Waals surface area contributed by atoms with Gasteiger partial charge in [0.15, 0.2) is 0 Å². The molecule has 1 saturated heterocycles. The zero-order valence-corrected chi connectivity index (χ0v) is 13.5. The van der Waals surface area contributed by atoms with Gasteiger partial charge in [0.25, 0.3) is 0 Å². The van der Waals surface area contributed by atoms with Crippen LogP contribution in [0, 0.1) is 0 Å². The lowest BCUT2D eigenvalue weighted by Crippen LogP contribution is -2.45. The van der Waals surface area contributed by atoms with Crippen LogP contribution in [0.3, 0.4) is 0 Å². The second kappa shape index (κ2) is 7.66. The molecule has 0 spiro atoms. The van der Waals surface area contributed by atoms with Crippen LogP contribution in [-0.2, 0) is 4.79 Å². The molecule has 21 heavy (non-hydrogen) atoms. The quantitative estimate of drug-likeness (QED) is 0.810. The molecule has 0 aliphatic carbocycles. The van der Waals surface area contributed by atoms with Gasteiger partial charge in [-0.2, -0.15) is 0 Å². The Morgan fingerprint density at radius 3 is 2.57 bits per heavy atom. The number of carbonyl (C=O) groups is 1. The number of rotatable bonds is 6. The third-order valence-corrected chi connectivity index (χ3v) is 4.21. The molecule has 0 N–H and O–H groups in total. The van der Waals surface area contributed by atoms with E-state index in [1.165, 1.54) is 0 Å². The molecule has 1 amide bonds. The summed E-state index contributed by atoms with van der Waals surface area (Å²) < 4.78 is 5.66. The predicted molar refractivity (Wildman–Crippen MR) is 84.9 cm³/mol. The van der Waals surface area contributed by atoms with Crippen LogP contribution in [0.4, 0.5) is 0 Å². The first-order valence-electron chi connectivity index (χ1n) is 7.45. The lowest BCUT2D eigenvalue weighted by molar-refractivity contribution is -0.134. The van der Waals surface area contributed by atoms with E-state index in [9.17, 15) is 4.79 Å². The molecule has 0 saturated carbocycles. The Morgan fingerprint density at radius 2 is 1.95 bits per heavy atom. The van der Waals surface area contributed by atoms with Crippen molar-refractivity contribution in [3.63, 3.8) is 0 Å². The predicted octanol–water partition coefficient (Wildman–Crippen LogP) is 2.66. The normalized spacial score (nSPS) is 16.3. The minimum absolute atomic E-state index is 0.100. The molecular weight excluding hydrogens is 288 g/mol. The van der Waals surface area contributed by atoms with Gasteiger partial charge >= 0.3 is 0 Å². The largest absolute Gasteiger partial charge is 0.492 e. The highest BCUT2D eigenvalue weighted by Gasteiger charge is 2.25. The van der Waals surface area contributed by atoms with Gasteiger partial charge in [-0.05, 0) is 51.1 Å². The van der Waals surface area contributed by atoms with Crippen LogP contribution in [0.15, 0.2) is 24.3 Å². The molecule has 1 aromatic carbocycles. The van der Waals surface area contributed by atoms with E-state index in [0.717, 1.165) is 31.7 Å². The molecule has 1 aliphatic heterocycles. The number of likely N-dealkylation sites (N-methyl/N-ethyl adjacent to an activating group) is 1. The zero-order valence-electron chi connectivity index (χ0n) is 12.7. The number of halogens is 1. The smallest absolute Gasteiger partial charge is 0.239 e. The third-order valence-electron chi connectivity index (χ3n) is 3.96. The van der Waals surface area contributed by atoms with E-state index in [4.69, 9.17) is 16.3 Å². The van der Waals surface area contributed by atoms with Crippen molar-refractivity contribution in [1.82, 2.24) is 9.80 Å². The number of hydrogen-bond acceptors (Lipinski definition) is 3. The van der Waals surface area contributed by atoms with Gasteiger partial charge in [0.1, 0.15) is 12.4 Å². The van der Waals surface area contributed by atoms with Crippen molar-refractivity contribution in [3.05, 3.63) is 29.3 Å². The first-order chi connectivity index (χ1) is 10.1. The van der Waals surface area contributed by atoms with Crippen LogP contribution in [0.25, 0.3) is 0 Å². The summed E-state index contributed by atoms with van der Waals surface area (Å²) in [6.07, 6.45) is 2.25. The molecular formula is C16H23ClN2O2. The molecule has 1 atom stereocenters. The Kier molecular flexibility index (Phi) is 5.88. The van der Waals surface area contributed by atoms with Crippen LogP contribution in [0.5, 0.6) is 5.75 Å². The van der Waals surface area contributed by atoms with Crippen molar-refractivity contribution < 1.29 is 9.53 Å². The van der Waals surface area contributed by atoms with Crippen LogP contribution in [-0.4, -0.2) is 55.0 Å². The van der Waals surface area contributed by atoms with Gasteiger partial charge in [-0.1, -0.05) is 11.6 Å². The SMILES string of the molecule is CC(C(=O)N1CCCC1)N(C)CCOc1ccc(Cl)cc1. The molecule has 5 heteroatoms. The minimum atomic E-state index is -0.100. The van der Waals surface area contributed by atoms with Crippen molar-refractivity contribution in [2.24, 2.45) is 0 Å². The van der Waals surface area contributed by atoms with Crippen molar-refractivity contribution in [1.29, 1.82) is 0 Å². The Balaban J connectivity index is 1.74. The van der Waals surface area contributed by atoms with E-state index in [0.29, 0.717) is 18.2 Å². The topological polar surface area (TPSA) is 32.8 Å². The van der Waals surface area contributed by atoms with Crippen molar-refractivity contribution in [3.8, 4) is 5.75 Å². The lowest BCUT2D eigenvalue weighted by atomic mass is 10.2. The molecule has 1 aromatic rings. The van der Waals surface area contributed by atoms with Crippen LogP contribution in [0.1, 0.15) is 19.8 Å². The average Bonchev–Trinajstić information content (AvgIpc) is 3.02. The van der Waals surface area contributed by atoms with Gasteiger partial charge < -0.3 is 9.64 Å². The number of nitrogens with zero attached hydrogens (tertiary/aromatic N) is 2. The maximum atomic E-state index is 12.3. The lowest BCUT2D eigenvalue weighted by Gasteiger charge is -2.27. The fraction of sp³-hybridized carbons (Fsp3) is 0.562. The standard InChI is InChI=1S/C16H23ClN2O2/c1-13(16(20)19-9-3-4-10-19)18(2)11-12-21-15-7-5-14(17)6-8-15/h5-8,13H,3-4,9-12H2,1-2H3.